The fourth-order valence-electron chi connectivity index (χ4n) is 2.95. The molecule has 0 aliphatic carbocycles. The van der Waals surface area contributed by atoms with Crippen LogP contribution in [0, 0.1) is 6.92 Å². The van der Waals surface area contributed by atoms with E-state index in [2.05, 4.69) is 20.1 Å². The van der Waals surface area contributed by atoms with Crippen molar-refractivity contribution in [3.63, 3.8) is 0 Å². The third kappa shape index (κ3) is 5.78. The largest absolute Gasteiger partial charge is 0.324 e. The summed E-state index contributed by atoms with van der Waals surface area (Å²) in [4.78, 5) is 28.8. The van der Waals surface area contributed by atoms with Crippen LogP contribution in [0.25, 0.3) is 0 Å². The minimum Gasteiger partial charge on any atom is -0.324 e. The molecule has 168 valence electrons. The maximum atomic E-state index is 12.8. The van der Waals surface area contributed by atoms with E-state index in [1.165, 1.54) is 19.2 Å². The standard InChI is InChI=1S/C21H22ClN5O4S/c1-14-6-7-18(26-21(29)15(2)27-20(28)11-16(22)13-24-27)12-19(14)32(30,31)25-10-8-17-5-3-4-9-23-17/h3-7,9,11-13,15,25H,8,10H2,1-2H3,(H,26,29)/t15-/m1/s1. The number of pyridine rings is 1. The van der Waals surface area contributed by atoms with Gasteiger partial charge in [0.2, 0.25) is 15.9 Å². The van der Waals surface area contributed by atoms with Gasteiger partial charge in [0.25, 0.3) is 5.56 Å². The number of aromatic nitrogens is 3. The molecule has 32 heavy (non-hydrogen) atoms. The zero-order valence-electron chi connectivity index (χ0n) is 17.4. The molecule has 3 aromatic rings. The average Bonchev–Trinajstić information content (AvgIpc) is 2.75. The summed E-state index contributed by atoms with van der Waals surface area (Å²) in [6.07, 6.45) is 3.35. The molecule has 1 aromatic carbocycles. The molecule has 11 heteroatoms. The number of hydrogen-bond donors (Lipinski definition) is 2. The second-order valence-corrected chi connectivity index (χ2v) is 9.24. The number of sulfonamides is 1. The first-order valence-electron chi connectivity index (χ1n) is 9.73. The Labute approximate surface area is 190 Å². The Hall–Kier alpha value is -3.08. The second-order valence-electron chi connectivity index (χ2n) is 7.07. The molecule has 0 fully saturated rings. The average molecular weight is 476 g/mol. The lowest BCUT2D eigenvalue weighted by Crippen LogP contribution is -2.33. The molecule has 0 aliphatic rings. The number of carbonyl (C=O) groups excluding carboxylic acids is 1. The van der Waals surface area contributed by atoms with Crippen LogP contribution in [0.1, 0.15) is 24.2 Å². The highest BCUT2D eigenvalue weighted by Gasteiger charge is 2.20. The molecule has 0 saturated carbocycles. The number of rotatable bonds is 8. The van der Waals surface area contributed by atoms with Crippen molar-refractivity contribution in [2.24, 2.45) is 0 Å². The molecule has 9 nitrogen and oxygen atoms in total. The Morgan fingerprint density at radius 3 is 2.69 bits per heavy atom. The summed E-state index contributed by atoms with van der Waals surface area (Å²) in [5.41, 5.74) is 1.05. The highest BCUT2D eigenvalue weighted by Crippen LogP contribution is 2.21. The van der Waals surface area contributed by atoms with E-state index in [1.807, 2.05) is 12.1 Å². The minimum absolute atomic E-state index is 0.0470. The van der Waals surface area contributed by atoms with Gasteiger partial charge in [0, 0.05) is 36.6 Å². The smallest absolute Gasteiger partial charge is 0.268 e. The Morgan fingerprint density at radius 1 is 1.22 bits per heavy atom. The lowest BCUT2D eigenvalue weighted by molar-refractivity contribution is -0.119. The summed E-state index contributed by atoms with van der Waals surface area (Å²) in [7, 11) is -3.81. The summed E-state index contributed by atoms with van der Waals surface area (Å²) >= 11 is 5.73. The molecule has 0 unspecified atom stereocenters. The zero-order valence-corrected chi connectivity index (χ0v) is 19.0. The van der Waals surface area contributed by atoms with Crippen molar-refractivity contribution in [2.45, 2.75) is 31.2 Å². The summed E-state index contributed by atoms with van der Waals surface area (Å²) in [5, 5.41) is 6.67. The minimum atomic E-state index is -3.81. The normalized spacial score (nSPS) is 12.3. The summed E-state index contributed by atoms with van der Waals surface area (Å²) in [5.74, 6) is -0.530. The maximum absolute atomic E-state index is 12.8. The molecule has 0 spiro atoms. The van der Waals surface area contributed by atoms with Gasteiger partial charge in [-0.3, -0.25) is 14.6 Å². The SMILES string of the molecule is Cc1ccc(NC(=O)[C@@H](C)n2ncc(Cl)cc2=O)cc1S(=O)(=O)NCCc1ccccn1. The highest BCUT2D eigenvalue weighted by molar-refractivity contribution is 7.89. The molecule has 0 saturated heterocycles. The van der Waals surface area contributed by atoms with Crippen molar-refractivity contribution in [1.82, 2.24) is 19.5 Å². The number of halogens is 1. The maximum Gasteiger partial charge on any atom is 0.268 e. The van der Waals surface area contributed by atoms with E-state index >= 15 is 0 Å². The highest BCUT2D eigenvalue weighted by atomic mass is 35.5. The van der Waals surface area contributed by atoms with Gasteiger partial charge in [-0.15, -0.1) is 0 Å². The Balaban J connectivity index is 1.72. The van der Waals surface area contributed by atoms with E-state index in [1.54, 1.807) is 31.3 Å². The summed E-state index contributed by atoms with van der Waals surface area (Å²) < 4.78 is 29.2. The number of nitrogens with one attached hydrogen (secondary N) is 2. The summed E-state index contributed by atoms with van der Waals surface area (Å²) in [6, 6.07) is 10.2. The fourth-order valence-corrected chi connectivity index (χ4v) is 4.39. The second kappa shape index (κ2) is 10.0. The molecule has 0 bridgehead atoms. The number of carbonyl (C=O) groups is 1. The van der Waals surface area contributed by atoms with Crippen LogP contribution in [-0.2, 0) is 21.2 Å². The number of aryl methyl sites for hydroxylation is 1. The van der Waals surface area contributed by atoms with E-state index in [0.717, 1.165) is 16.4 Å². The van der Waals surface area contributed by atoms with Crippen molar-refractivity contribution < 1.29 is 13.2 Å². The van der Waals surface area contributed by atoms with Crippen molar-refractivity contribution in [3.05, 3.63) is 81.5 Å². The van der Waals surface area contributed by atoms with Crippen molar-refractivity contribution in [3.8, 4) is 0 Å². The Morgan fingerprint density at radius 2 is 2.00 bits per heavy atom. The predicted molar refractivity (Wildman–Crippen MR) is 121 cm³/mol. The van der Waals surface area contributed by atoms with E-state index in [-0.39, 0.29) is 22.2 Å². The Kier molecular flexibility index (Phi) is 7.39. The van der Waals surface area contributed by atoms with Crippen LogP contribution in [0.15, 0.2) is 64.5 Å². The molecule has 2 N–H and O–H groups in total. The molecule has 0 radical (unpaired) electrons. The topological polar surface area (TPSA) is 123 Å². The molecule has 3 rings (SSSR count). The van der Waals surface area contributed by atoms with Crippen LogP contribution in [0.4, 0.5) is 5.69 Å². The van der Waals surface area contributed by atoms with Gasteiger partial charge in [0.05, 0.1) is 16.1 Å². The molecule has 2 aromatic heterocycles. The van der Waals surface area contributed by atoms with Crippen LogP contribution >= 0.6 is 11.6 Å². The predicted octanol–water partition coefficient (Wildman–Crippen LogP) is 2.32. The van der Waals surface area contributed by atoms with Gasteiger partial charge in [-0.1, -0.05) is 23.7 Å². The number of hydrogen-bond acceptors (Lipinski definition) is 6. The fraction of sp³-hybridized carbons (Fsp3) is 0.238. The number of benzene rings is 1. The first kappa shape index (κ1) is 23.6. The third-order valence-corrected chi connectivity index (χ3v) is 6.49. The molecular weight excluding hydrogens is 454 g/mol. The third-order valence-electron chi connectivity index (χ3n) is 4.68. The quantitative estimate of drug-likeness (QED) is 0.515. The van der Waals surface area contributed by atoms with Gasteiger partial charge in [-0.25, -0.2) is 17.8 Å². The summed E-state index contributed by atoms with van der Waals surface area (Å²) in [6.45, 7) is 3.35. The number of anilines is 1. The van der Waals surface area contributed by atoms with Gasteiger partial charge in [0.1, 0.15) is 6.04 Å². The van der Waals surface area contributed by atoms with E-state index in [0.29, 0.717) is 12.0 Å². The number of amides is 1. The van der Waals surface area contributed by atoms with E-state index < -0.39 is 27.5 Å². The van der Waals surface area contributed by atoms with Crippen molar-refractivity contribution in [1.29, 1.82) is 0 Å². The van der Waals surface area contributed by atoms with E-state index in [4.69, 9.17) is 11.6 Å². The lowest BCUT2D eigenvalue weighted by atomic mass is 10.2. The van der Waals surface area contributed by atoms with Crippen molar-refractivity contribution in [2.75, 3.05) is 11.9 Å². The molecular formula is C21H22ClN5O4S. The Bertz CT molecular complexity index is 1280. The van der Waals surface area contributed by atoms with E-state index in [9.17, 15) is 18.0 Å². The first-order valence-corrected chi connectivity index (χ1v) is 11.6. The van der Waals surface area contributed by atoms with Gasteiger partial charge in [-0.05, 0) is 43.7 Å². The monoisotopic (exact) mass is 475 g/mol. The van der Waals surface area contributed by atoms with Gasteiger partial charge in [-0.2, -0.15) is 5.10 Å². The molecule has 0 aliphatic heterocycles. The van der Waals surface area contributed by atoms with Gasteiger partial charge < -0.3 is 5.32 Å². The molecule has 2 heterocycles. The van der Waals surface area contributed by atoms with Crippen LogP contribution in [0.5, 0.6) is 0 Å². The van der Waals surface area contributed by atoms with Gasteiger partial charge in [0.15, 0.2) is 0 Å². The molecule has 1 atom stereocenters. The molecule has 1 amide bonds. The van der Waals surface area contributed by atoms with Crippen LogP contribution in [0.3, 0.4) is 0 Å². The van der Waals surface area contributed by atoms with Crippen LogP contribution in [-0.4, -0.2) is 35.6 Å². The van der Waals surface area contributed by atoms with Crippen LogP contribution < -0.4 is 15.6 Å². The lowest BCUT2D eigenvalue weighted by Gasteiger charge is -2.15. The first-order chi connectivity index (χ1) is 15.2. The van der Waals surface area contributed by atoms with Gasteiger partial charge >= 0.3 is 0 Å². The zero-order chi connectivity index (χ0) is 23.3. The van der Waals surface area contributed by atoms with Crippen molar-refractivity contribution >= 4 is 33.2 Å². The number of nitrogens with zero attached hydrogens (tertiary/aromatic N) is 3. The van der Waals surface area contributed by atoms with Crippen LogP contribution in [0.2, 0.25) is 5.02 Å².